The van der Waals surface area contributed by atoms with Crippen molar-refractivity contribution in [3.63, 3.8) is 0 Å². The fourth-order valence-electron chi connectivity index (χ4n) is 23.4. The number of aliphatic hydroxyl groups is 1. The molecule has 0 aromatic heterocycles. The Morgan fingerprint density at radius 2 is 0.360 bits per heavy atom. The highest BCUT2D eigenvalue weighted by Crippen LogP contribution is 2.47. The topological polar surface area (TPSA) is 197 Å². The molecule has 0 aromatic carbocycles. The van der Waals surface area contributed by atoms with E-state index in [1.165, 1.54) is 250 Å². The molecular weight excluding hydrogens is 1700 g/mol. The van der Waals surface area contributed by atoms with E-state index in [0.29, 0.717) is 44.9 Å². The second-order valence-electron chi connectivity index (χ2n) is 49.6. The third-order valence-corrected chi connectivity index (χ3v) is 29.1. The number of nitrogens with zero attached hydrogens (tertiary/aromatic N) is 5. The first-order chi connectivity index (χ1) is 64.1. The molecule has 0 aliphatic carbocycles. The minimum absolute atomic E-state index is 0.0628. The number of carbonyl (C=O) groups is 4. The summed E-state index contributed by atoms with van der Waals surface area (Å²) in [6.45, 7) is 61.7. The number of unbranched alkanes of at least 4 members (excludes halogenated alkanes) is 45. The molecule has 5 heterocycles. The van der Waals surface area contributed by atoms with E-state index in [1.807, 2.05) is 5.06 Å². The van der Waals surface area contributed by atoms with Crippen LogP contribution < -0.4 is 0 Å². The summed E-state index contributed by atoms with van der Waals surface area (Å²) < 4.78 is 30.0. The van der Waals surface area contributed by atoms with Crippen molar-refractivity contribution in [3.05, 3.63) is 0 Å². The second-order valence-corrected chi connectivity index (χ2v) is 49.6. The van der Waals surface area contributed by atoms with Crippen LogP contribution in [0.15, 0.2) is 0 Å². The predicted molar refractivity (Wildman–Crippen MR) is 565 cm³/mol. The normalized spacial score (nSPS) is 20.3. The molecule has 5 fully saturated rings. The van der Waals surface area contributed by atoms with Crippen LogP contribution in [0.25, 0.3) is 0 Å². The minimum atomic E-state index is -0.886. The van der Waals surface area contributed by atoms with Gasteiger partial charge >= 0.3 is 24.1 Å². The molecule has 1 N–H and O–H groups in total. The predicted octanol–water partition coefficient (Wildman–Crippen LogP) is 32.4. The zero-order valence-electron chi connectivity index (χ0n) is 94.6. The molecule has 5 rings (SSSR count). The van der Waals surface area contributed by atoms with Gasteiger partial charge in [-0.2, -0.15) is 25.3 Å². The molecule has 0 atom stereocenters. The molecule has 0 saturated carbocycles. The van der Waals surface area contributed by atoms with Gasteiger partial charge in [0, 0.05) is 139 Å². The van der Waals surface area contributed by atoms with Gasteiger partial charge < -0.3 is 28.8 Å². The molecule has 0 bridgehead atoms. The van der Waals surface area contributed by atoms with E-state index in [0.717, 1.165) is 142 Å². The van der Waals surface area contributed by atoms with Gasteiger partial charge in [0.05, 0.1) is 38.6 Å². The molecule has 0 radical (unpaired) electrons. The van der Waals surface area contributed by atoms with Gasteiger partial charge in [0.25, 0.3) is 0 Å². The van der Waals surface area contributed by atoms with Gasteiger partial charge in [0.2, 0.25) is 0 Å². The number of esters is 3. The first kappa shape index (κ1) is 127. The van der Waals surface area contributed by atoms with E-state index < -0.39 is 11.8 Å². The number of rotatable bonds is 71. The van der Waals surface area contributed by atoms with Crippen LogP contribution in [0.4, 0.5) is 4.79 Å². The third kappa shape index (κ3) is 53.9. The lowest BCUT2D eigenvalue weighted by Gasteiger charge is -2.54. The van der Waals surface area contributed by atoms with E-state index >= 15 is 0 Å². The van der Waals surface area contributed by atoms with Crippen LogP contribution in [0.2, 0.25) is 0 Å². The average Bonchev–Trinajstić information content (AvgIpc) is 0.781. The summed E-state index contributed by atoms with van der Waals surface area (Å²) in [5.74, 6) is -0.225. The zero-order chi connectivity index (χ0) is 101. The monoisotopic (exact) mass is 1930 g/mol. The average molecular weight is 1930 g/mol. The van der Waals surface area contributed by atoms with Crippen LogP contribution >= 0.6 is 0 Å². The van der Waals surface area contributed by atoms with Gasteiger partial charge in [0.15, 0.2) is 0 Å². The molecule has 20 nitrogen and oxygen atoms in total. The zero-order valence-corrected chi connectivity index (χ0v) is 94.6. The van der Waals surface area contributed by atoms with Crippen molar-refractivity contribution >= 4 is 24.1 Å². The van der Waals surface area contributed by atoms with Crippen molar-refractivity contribution in [1.82, 2.24) is 25.3 Å². The SMILES string of the molecule is CCCCCCCCCCCCCCCCCC(=O)OC1CC(C)(C)N(OCC(C)(C)O)C(C)(C)C1.CCCCCCCCCCCON1C(C)(C)CC(OC(=O)OC2CC(C)(C)N(OCCCCCCCCCCC)C(C)(C)C2)CC1(C)C.CCCCCCCCON1C(C)(C)CC(OC(=O)CCCCCCCCC(=O)OC2CC(C)(C)N(OCCCCCCCC)C(C)(C)C2)CC1(C)C. The molecule has 0 spiro atoms. The molecule has 0 amide bonds. The van der Waals surface area contributed by atoms with Gasteiger partial charge in [-0.05, 0) is 197 Å². The van der Waals surface area contributed by atoms with Crippen LogP contribution in [-0.4, -0.2) is 179 Å². The Labute approximate surface area is 839 Å². The highest BCUT2D eigenvalue weighted by molar-refractivity contribution is 5.70. The third-order valence-electron chi connectivity index (χ3n) is 29.1. The van der Waals surface area contributed by atoms with Crippen molar-refractivity contribution in [2.24, 2.45) is 0 Å². The van der Waals surface area contributed by atoms with Crippen LogP contribution in [0.3, 0.4) is 0 Å². The molecule has 0 aromatic rings. The highest BCUT2D eigenvalue weighted by Gasteiger charge is 2.54. The number of hydroxylamine groups is 10. The van der Waals surface area contributed by atoms with Gasteiger partial charge in [-0.1, -0.05) is 317 Å². The fraction of sp³-hybridized carbons (Fsp3) is 0.966. The first-order valence-electron chi connectivity index (χ1n) is 57.4. The Hall–Kier alpha value is -2.76. The number of hydrogen-bond donors (Lipinski definition) is 1. The van der Waals surface area contributed by atoms with E-state index in [1.54, 1.807) is 13.8 Å². The lowest BCUT2D eigenvalue weighted by molar-refractivity contribution is -0.306. The van der Waals surface area contributed by atoms with Crippen molar-refractivity contribution in [2.75, 3.05) is 33.0 Å². The highest BCUT2D eigenvalue weighted by atomic mass is 16.7. The second kappa shape index (κ2) is 67.1. The Morgan fingerprint density at radius 1 is 0.221 bits per heavy atom. The lowest BCUT2D eigenvalue weighted by atomic mass is 9.80. The Kier molecular flexibility index (Phi) is 62.9. The molecule has 5 aliphatic rings. The summed E-state index contributed by atoms with van der Waals surface area (Å²) >= 11 is 0. The molecule has 0 unspecified atom stereocenters. The summed E-state index contributed by atoms with van der Waals surface area (Å²) in [4.78, 5) is 82.8. The molecule has 5 aliphatic heterocycles. The number of piperidine rings is 5. The van der Waals surface area contributed by atoms with Gasteiger partial charge in [-0.3, -0.25) is 38.6 Å². The van der Waals surface area contributed by atoms with Crippen LogP contribution in [-0.2, 0) is 62.3 Å². The van der Waals surface area contributed by atoms with E-state index in [9.17, 15) is 24.3 Å². The maximum Gasteiger partial charge on any atom is 0.508 e. The Bertz CT molecular complexity index is 2840. The fourth-order valence-corrected chi connectivity index (χ4v) is 23.4. The summed E-state index contributed by atoms with van der Waals surface area (Å²) in [5, 5.41) is 20.8. The van der Waals surface area contributed by atoms with Gasteiger partial charge in [0.1, 0.15) is 30.5 Å². The van der Waals surface area contributed by atoms with Gasteiger partial charge in [-0.15, -0.1) is 0 Å². The smallest absolute Gasteiger partial charge is 0.462 e. The van der Waals surface area contributed by atoms with Crippen LogP contribution in [0.5, 0.6) is 0 Å². The Balaban J connectivity index is 0.000000534. The van der Waals surface area contributed by atoms with Crippen molar-refractivity contribution < 1.29 is 72.2 Å². The maximum atomic E-state index is 13.2. The summed E-state index contributed by atoms with van der Waals surface area (Å²) in [6.07, 6.45) is 71.8. The van der Waals surface area contributed by atoms with Crippen molar-refractivity contribution in [1.29, 1.82) is 0 Å². The van der Waals surface area contributed by atoms with E-state index in [2.05, 4.69) is 193 Å². The molecule has 5 saturated heterocycles. The summed E-state index contributed by atoms with van der Waals surface area (Å²) in [7, 11) is 0. The van der Waals surface area contributed by atoms with Crippen LogP contribution in [0.1, 0.15) is 598 Å². The quantitative estimate of drug-likeness (QED) is 0.0342. The Morgan fingerprint density at radius 3 is 0.522 bits per heavy atom. The molecule has 20 heteroatoms. The lowest BCUT2D eigenvalue weighted by Crippen LogP contribution is -2.62. The number of hydrogen-bond acceptors (Lipinski definition) is 20. The van der Waals surface area contributed by atoms with Gasteiger partial charge in [-0.25, -0.2) is 4.79 Å². The molecule has 136 heavy (non-hydrogen) atoms. The molecule has 804 valence electrons. The summed E-state index contributed by atoms with van der Waals surface area (Å²) in [6, 6.07) is 0. The number of ether oxygens (including phenoxy) is 5. The van der Waals surface area contributed by atoms with Crippen molar-refractivity contribution in [3.8, 4) is 0 Å². The number of carbonyl (C=O) groups excluding carboxylic acids is 4. The van der Waals surface area contributed by atoms with Crippen molar-refractivity contribution in [2.45, 2.75) is 689 Å². The first-order valence-corrected chi connectivity index (χ1v) is 57.4. The maximum absolute atomic E-state index is 13.2. The minimum Gasteiger partial charge on any atom is -0.462 e. The van der Waals surface area contributed by atoms with E-state index in [4.69, 9.17) is 47.9 Å². The largest absolute Gasteiger partial charge is 0.508 e. The summed E-state index contributed by atoms with van der Waals surface area (Å²) in [5.41, 5.74) is -3.29. The standard InChI is InChI=1S/C44H84N2O6.C41H80N2O5.C31H61NO4/c1-11-13-15-17-23-27-31-49-45-41(3,4)33-37(34-42(45,5)6)51-39(47)29-25-21-19-20-22-26-30-40(48)52-38-35-43(7,8)46(44(9,10)36-38)50-32-28-24-18-16-14-12-2;1-11-13-15-17-19-21-23-25-27-29-45-42-38(3,4)31-35(32-39(42,5)6)47-37(44)48-36-33-40(7,8)43(41(9,10)34-36)46-30-28-26-24-22-20-18-16-14-12-2;1-8-9-10-11-12-13-14-15-16-17-18-19-20-21-22-23-28(33)36-27-24-29(2,3)32(30(4,5)25-27)35-26-31(6,7)34/h37-38H,11-36H2,1-10H3;35-36H,11-34H2,1-10H3;27,34H,8-26H2,1-7H3. The van der Waals surface area contributed by atoms with E-state index in [-0.39, 0.29) is 110 Å². The van der Waals surface area contributed by atoms with Crippen LogP contribution in [0, 0.1) is 0 Å². The molecular formula is C116H225N5O15.